The summed E-state index contributed by atoms with van der Waals surface area (Å²) in [6.07, 6.45) is -0.774. The van der Waals surface area contributed by atoms with Crippen LogP contribution in [0.15, 0.2) is 109 Å². The number of aliphatic hydroxyl groups is 2. The molecular weight excluding hydrogens is 681 g/mol. The van der Waals surface area contributed by atoms with Gasteiger partial charge in [0.25, 0.3) is 5.91 Å². The van der Waals surface area contributed by atoms with E-state index in [4.69, 9.17) is 4.74 Å². The van der Waals surface area contributed by atoms with E-state index in [9.17, 15) is 24.6 Å². The van der Waals surface area contributed by atoms with Crippen molar-refractivity contribution < 1.29 is 34.3 Å². The van der Waals surface area contributed by atoms with Gasteiger partial charge in [0.05, 0.1) is 37.3 Å². The Balaban J connectivity index is 1.26. The molecule has 0 bridgehead atoms. The van der Waals surface area contributed by atoms with Gasteiger partial charge in [-0.1, -0.05) is 130 Å². The third kappa shape index (κ3) is 8.51. The Labute approximate surface area is 318 Å². The predicted molar refractivity (Wildman–Crippen MR) is 207 cm³/mol. The molecule has 0 spiro atoms. The zero-order valence-electron chi connectivity index (χ0n) is 31.6. The van der Waals surface area contributed by atoms with Gasteiger partial charge >= 0.3 is 6.09 Å². The van der Waals surface area contributed by atoms with Crippen molar-refractivity contribution in [2.45, 2.75) is 77.3 Å². The number of nitrogens with one attached hydrogen (secondary N) is 3. The lowest BCUT2D eigenvalue weighted by Gasteiger charge is -2.33. The number of hydrogen-bond donors (Lipinski definition) is 5. The Morgan fingerprint density at radius 1 is 0.889 bits per heavy atom. The lowest BCUT2D eigenvalue weighted by Crippen LogP contribution is -3.18. The molecule has 1 aliphatic carbocycles. The topological polar surface area (TPSA) is 133 Å². The van der Waals surface area contributed by atoms with Crippen LogP contribution in [0.3, 0.4) is 0 Å². The zero-order chi connectivity index (χ0) is 38.5. The minimum atomic E-state index is -1.13. The van der Waals surface area contributed by atoms with Crippen molar-refractivity contribution in [3.05, 3.63) is 131 Å². The number of likely N-dealkylation sites (tertiary alicyclic amines) is 1. The summed E-state index contributed by atoms with van der Waals surface area (Å²) in [5, 5.41) is 26.5. The van der Waals surface area contributed by atoms with Crippen molar-refractivity contribution in [2.24, 2.45) is 10.8 Å². The van der Waals surface area contributed by atoms with E-state index in [-0.39, 0.29) is 18.4 Å². The summed E-state index contributed by atoms with van der Waals surface area (Å²) in [6, 6.07) is 34.5. The van der Waals surface area contributed by atoms with Crippen molar-refractivity contribution in [1.29, 1.82) is 0 Å². The molecule has 1 heterocycles. The number of β-amino-alcohol motifs (C(OH)–C–C–N with tert-alkyl or cyclic N) is 1. The molecule has 6 atom stereocenters. The highest BCUT2D eigenvalue weighted by atomic mass is 16.5. The maximum Gasteiger partial charge on any atom is 0.407 e. The summed E-state index contributed by atoms with van der Waals surface area (Å²) in [4.78, 5) is 42.6. The second-order valence-corrected chi connectivity index (χ2v) is 15.8. The third-order valence-electron chi connectivity index (χ3n) is 11.0. The molecule has 2 aliphatic rings. The van der Waals surface area contributed by atoms with Crippen LogP contribution in [0.4, 0.5) is 4.79 Å². The summed E-state index contributed by atoms with van der Waals surface area (Å²) in [5.74, 6) is -0.531. The number of amides is 3. The van der Waals surface area contributed by atoms with Crippen LogP contribution in [0.2, 0.25) is 0 Å². The first-order chi connectivity index (χ1) is 25.9. The largest absolute Gasteiger partial charge is 0.453 e. The van der Waals surface area contributed by atoms with Gasteiger partial charge in [0.15, 0.2) is 0 Å². The highest BCUT2D eigenvalue weighted by molar-refractivity contribution is 5.87. The van der Waals surface area contributed by atoms with Crippen LogP contribution in [0.1, 0.15) is 61.9 Å². The molecule has 10 heteroatoms. The van der Waals surface area contributed by atoms with Crippen LogP contribution in [0.25, 0.3) is 11.1 Å². The number of fused-ring (bicyclic) bond motifs is 1. The van der Waals surface area contributed by atoms with E-state index in [0.29, 0.717) is 38.8 Å². The minimum Gasteiger partial charge on any atom is -0.453 e. The molecule has 3 amide bonds. The monoisotopic (exact) mass is 733 g/mol. The van der Waals surface area contributed by atoms with Crippen LogP contribution in [-0.4, -0.2) is 71.5 Å². The van der Waals surface area contributed by atoms with E-state index in [1.54, 1.807) is 4.90 Å². The van der Waals surface area contributed by atoms with Crippen LogP contribution in [0, 0.1) is 10.8 Å². The second kappa shape index (κ2) is 16.5. The predicted octanol–water partition coefficient (Wildman–Crippen LogP) is 4.41. The standard InChI is InChI=1S/C44H52N4O6/c1-43(2,3)39(45-42(53)54-4)40(51)46-47(28-31-20-22-33(23-21-31)32-16-9-6-10-17-32)25-13-24-44(27-30-14-7-5-8-15-30)37(50)29-48(41(44)52)38-35-19-12-11-18-34(35)26-36(38)49/h5-12,14-23,36-39,49-50H,13,24-29H2,1-4H3,(H,45,53)(H,46,51)/p+1/t36-,37-,38+,39-,44+/m1/s1. The fraction of sp³-hybridized carbons (Fsp3) is 0.386. The fourth-order valence-corrected chi connectivity index (χ4v) is 8.16. The van der Waals surface area contributed by atoms with Crippen LogP contribution >= 0.6 is 0 Å². The van der Waals surface area contributed by atoms with Crippen LogP contribution in [-0.2, 0) is 33.7 Å². The SMILES string of the molecule is COC(=O)N[C@H](C(=O)N[NH+](CCC[C@@]1(Cc2ccccc2)C(=O)N([C@H]2c3ccccc3C[C@H]2O)C[C@H]1O)Cc1ccc(-c2ccccc2)cc1)C(C)(C)C. The van der Waals surface area contributed by atoms with Gasteiger partial charge in [-0.15, -0.1) is 0 Å². The molecule has 284 valence electrons. The molecule has 5 N–H and O–H groups in total. The Kier molecular flexibility index (Phi) is 11.9. The first kappa shape index (κ1) is 38.7. The Morgan fingerprint density at radius 2 is 1.52 bits per heavy atom. The van der Waals surface area contributed by atoms with Gasteiger partial charge in [-0.2, -0.15) is 0 Å². The van der Waals surface area contributed by atoms with Crippen molar-refractivity contribution in [3.63, 3.8) is 0 Å². The second-order valence-electron chi connectivity index (χ2n) is 15.8. The lowest BCUT2D eigenvalue weighted by atomic mass is 9.74. The summed E-state index contributed by atoms with van der Waals surface area (Å²) >= 11 is 0. The molecule has 1 saturated heterocycles. The number of hydrogen-bond acceptors (Lipinski definition) is 6. The molecule has 0 saturated carbocycles. The quantitative estimate of drug-likeness (QED) is 0.130. The lowest BCUT2D eigenvalue weighted by molar-refractivity contribution is -0.950. The number of benzene rings is 4. The van der Waals surface area contributed by atoms with Gasteiger partial charge in [-0.05, 0) is 52.5 Å². The Bertz CT molecular complexity index is 1900. The first-order valence-electron chi connectivity index (χ1n) is 18.8. The highest BCUT2D eigenvalue weighted by Crippen LogP contribution is 2.46. The van der Waals surface area contributed by atoms with Crippen molar-refractivity contribution in [3.8, 4) is 11.1 Å². The summed E-state index contributed by atoms with van der Waals surface area (Å²) in [7, 11) is 1.26. The molecule has 4 aromatic rings. The maximum absolute atomic E-state index is 14.7. The molecular formula is C44H53N4O6+. The van der Waals surface area contributed by atoms with Crippen LogP contribution < -0.4 is 15.8 Å². The smallest absolute Gasteiger partial charge is 0.407 e. The molecule has 54 heavy (non-hydrogen) atoms. The maximum atomic E-state index is 14.7. The number of rotatable bonds is 13. The van der Waals surface area contributed by atoms with E-state index in [1.807, 2.05) is 106 Å². The molecule has 1 fully saturated rings. The summed E-state index contributed by atoms with van der Waals surface area (Å²) < 4.78 is 4.84. The number of carbonyl (C=O) groups excluding carboxylic acids is 3. The van der Waals surface area contributed by atoms with Gasteiger partial charge < -0.3 is 25.2 Å². The molecule has 6 rings (SSSR count). The highest BCUT2D eigenvalue weighted by Gasteiger charge is 2.56. The number of alkyl carbamates (subject to hydrolysis) is 1. The van der Waals surface area contributed by atoms with E-state index in [2.05, 4.69) is 35.0 Å². The van der Waals surface area contributed by atoms with Crippen molar-refractivity contribution >= 4 is 17.9 Å². The Morgan fingerprint density at radius 3 is 2.19 bits per heavy atom. The molecule has 1 aliphatic heterocycles. The molecule has 1 unspecified atom stereocenters. The normalized spacial score (nSPS) is 22.0. The minimum absolute atomic E-state index is 0.120. The number of ether oxygens (including phenoxy) is 1. The molecule has 0 radical (unpaired) electrons. The van der Waals surface area contributed by atoms with Gasteiger partial charge in [0.1, 0.15) is 12.6 Å². The van der Waals surface area contributed by atoms with Gasteiger partial charge in [-0.3, -0.25) is 9.59 Å². The van der Waals surface area contributed by atoms with E-state index < -0.39 is 41.2 Å². The van der Waals surface area contributed by atoms with Crippen molar-refractivity contribution in [2.75, 3.05) is 20.2 Å². The number of nitrogens with zero attached hydrogens (tertiary/aromatic N) is 1. The van der Waals surface area contributed by atoms with Gasteiger partial charge in [-0.25, -0.2) is 15.2 Å². The fourth-order valence-electron chi connectivity index (χ4n) is 8.16. The van der Waals surface area contributed by atoms with E-state index in [1.165, 1.54) is 7.11 Å². The van der Waals surface area contributed by atoms with E-state index >= 15 is 0 Å². The van der Waals surface area contributed by atoms with Crippen molar-refractivity contribution in [1.82, 2.24) is 15.6 Å². The number of aliphatic hydroxyl groups excluding tert-OH is 2. The average molecular weight is 734 g/mol. The molecule has 4 aromatic carbocycles. The van der Waals surface area contributed by atoms with E-state index in [0.717, 1.165) is 38.4 Å². The summed E-state index contributed by atoms with van der Waals surface area (Å²) in [5.41, 5.74) is 7.45. The number of methoxy groups -OCH3 is 1. The van der Waals surface area contributed by atoms with Gasteiger partial charge in [0.2, 0.25) is 5.91 Å². The molecule has 0 aromatic heterocycles. The Hall–Kier alpha value is -5.03. The van der Waals surface area contributed by atoms with Gasteiger partial charge in [0, 0.05) is 18.5 Å². The summed E-state index contributed by atoms with van der Waals surface area (Å²) in [6.45, 7) is 6.63. The third-order valence-corrected chi connectivity index (χ3v) is 11.0. The average Bonchev–Trinajstić information content (AvgIpc) is 3.61. The van der Waals surface area contributed by atoms with Crippen LogP contribution in [0.5, 0.6) is 0 Å². The number of carbonyl (C=O) groups is 3. The zero-order valence-corrected chi connectivity index (χ0v) is 31.6. The first-order valence-corrected chi connectivity index (χ1v) is 18.8. The molecule has 10 nitrogen and oxygen atoms in total. The number of quaternary nitrogens is 1.